The molecule has 4 fully saturated rings. The molecule has 1 aliphatic carbocycles. The molecule has 0 radical (unpaired) electrons. The van der Waals surface area contributed by atoms with Crippen LogP contribution >= 0.6 is 11.6 Å². The molecule has 2 amide bonds. The third-order valence-electron chi connectivity index (χ3n) is 14.0. The molecule has 18 heteroatoms. The zero-order valence-electron chi connectivity index (χ0n) is 39.1. The number of rotatable bonds is 16. The number of ether oxygens (including phenoxy) is 4. The van der Waals surface area contributed by atoms with Gasteiger partial charge in [0.25, 0.3) is 0 Å². The van der Waals surface area contributed by atoms with Crippen LogP contribution in [0.2, 0.25) is 5.02 Å². The average molecular weight is 960 g/mol. The molecule has 67 heavy (non-hydrogen) atoms. The van der Waals surface area contributed by atoms with E-state index < -0.39 is 10.0 Å². The number of carbonyl (C=O) groups is 2. The van der Waals surface area contributed by atoms with E-state index in [4.69, 9.17) is 30.5 Å². The van der Waals surface area contributed by atoms with Crippen LogP contribution in [0.1, 0.15) is 65.0 Å². The summed E-state index contributed by atoms with van der Waals surface area (Å²) in [6.45, 7) is 14.4. The van der Waals surface area contributed by atoms with Gasteiger partial charge in [0.2, 0.25) is 21.8 Å². The van der Waals surface area contributed by atoms with Crippen LogP contribution in [0.5, 0.6) is 23.0 Å². The summed E-state index contributed by atoms with van der Waals surface area (Å²) >= 11 is 6.26. The smallest absolute Gasteiger partial charge is 0.244 e. The van der Waals surface area contributed by atoms with Crippen molar-refractivity contribution in [3.63, 3.8) is 0 Å². The number of nitrogens with one attached hydrogen (secondary N) is 5. The van der Waals surface area contributed by atoms with Crippen molar-refractivity contribution in [2.75, 3.05) is 63.5 Å². The van der Waals surface area contributed by atoms with Crippen molar-refractivity contribution in [3.8, 4) is 29.1 Å². The van der Waals surface area contributed by atoms with E-state index in [1.54, 1.807) is 55.3 Å². The molecule has 5 aliphatic rings. The van der Waals surface area contributed by atoms with Crippen LogP contribution in [0, 0.1) is 34.0 Å². The number of amides is 2. The summed E-state index contributed by atoms with van der Waals surface area (Å²) in [5.41, 5.74) is 1.77. The van der Waals surface area contributed by atoms with Gasteiger partial charge in [-0.25, -0.2) is 8.42 Å². The lowest BCUT2D eigenvalue weighted by Crippen LogP contribution is -2.75. The molecule has 4 aliphatic heterocycles. The summed E-state index contributed by atoms with van der Waals surface area (Å²) in [6.07, 6.45) is 4.30. The lowest BCUT2D eigenvalue weighted by molar-refractivity contribution is -0.174. The molecule has 1 saturated carbocycles. The van der Waals surface area contributed by atoms with Gasteiger partial charge >= 0.3 is 0 Å². The monoisotopic (exact) mass is 958 g/mol. The average Bonchev–Trinajstić information content (AvgIpc) is 3.82. The Kier molecular flexibility index (Phi) is 14.5. The topological polar surface area (TPSA) is 196 Å². The zero-order chi connectivity index (χ0) is 47.7. The molecular weight excluding hydrogens is 896 g/mol. The number of carbonyl (C=O) groups excluding carboxylic acids is 2. The summed E-state index contributed by atoms with van der Waals surface area (Å²) in [7, 11) is -1.78. The van der Waals surface area contributed by atoms with E-state index >= 15 is 0 Å². The number of benzene rings is 3. The maximum atomic E-state index is 13.6. The highest BCUT2D eigenvalue weighted by Gasteiger charge is 2.64. The third kappa shape index (κ3) is 10.6. The van der Waals surface area contributed by atoms with E-state index in [0.717, 1.165) is 37.9 Å². The van der Waals surface area contributed by atoms with Crippen molar-refractivity contribution in [3.05, 3.63) is 83.0 Å². The Bertz CT molecular complexity index is 2470. The Morgan fingerprint density at radius 3 is 2.28 bits per heavy atom. The van der Waals surface area contributed by atoms with Gasteiger partial charge in [-0.05, 0) is 92.9 Å². The van der Waals surface area contributed by atoms with Crippen molar-refractivity contribution < 1.29 is 37.0 Å². The van der Waals surface area contributed by atoms with Crippen molar-refractivity contribution >= 4 is 44.7 Å². The van der Waals surface area contributed by atoms with Gasteiger partial charge < -0.3 is 34.5 Å². The standard InChI is InChI=1S/C49H63ClN8O8S/c1-7-67(61,62)56-32-9-15-41(38(24-32)39-29-57(6)44(60)42-37(39)16-19-52-42)65-35-13-11-33(12-14-35)63-22-23-64-34-17-20-58(21-18-34)47-53-27-31(28-54-47)43(59)55-45-48(2,3)46(49(45,4)5)66-36-10-8-30(26-51)40(50)25-36/h8-15,24-25,29,31,34,37,42,45-47,52-54,56H,7,16-23,27-28H2,1-6H3,(H,55,59). The first-order valence-electron chi connectivity index (χ1n) is 23.2. The van der Waals surface area contributed by atoms with E-state index in [0.29, 0.717) is 77.7 Å². The summed E-state index contributed by atoms with van der Waals surface area (Å²) < 4.78 is 52.6. The number of likely N-dealkylation sites (tertiary alicyclic amines) is 1. The Morgan fingerprint density at radius 1 is 0.925 bits per heavy atom. The molecule has 2 atom stereocenters. The van der Waals surface area contributed by atoms with Gasteiger partial charge in [0, 0.05) is 79.5 Å². The molecule has 0 bridgehead atoms. The van der Waals surface area contributed by atoms with Crippen molar-refractivity contribution in [2.45, 2.75) is 84.5 Å². The quantitative estimate of drug-likeness (QED) is 0.113. The van der Waals surface area contributed by atoms with E-state index in [9.17, 15) is 23.3 Å². The largest absolute Gasteiger partial charge is 0.491 e. The molecule has 16 nitrogen and oxygen atoms in total. The predicted molar refractivity (Wildman–Crippen MR) is 256 cm³/mol. The van der Waals surface area contributed by atoms with E-state index in [-0.39, 0.29) is 70.8 Å². The minimum absolute atomic E-state index is 0.00212. The normalized spacial score (nSPS) is 26.1. The van der Waals surface area contributed by atoms with Gasteiger partial charge in [0.1, 0.15) is 48.1 Å². The number of fused-ring (bicyclic) bond motifs is 1. The lowest BCUT2D eigenvalue weighted by Gasteiger charge is -2.63. The molecule has 5 N–H and O–H groups in total. The molecule has 8 rings (SSSR count). The molecule has 3 aromatic carbocycles. The fourth-order valence-electron chi connectivity index (χ4n) is 10.7. The Hall–Kier alpha value is -4.93. The number of nitriles is 1. The molecule has 2 unspecified atom stereocenters. The highest BCUT2D eigenvalue weighted by Crippen LogP contribution is 2.55. The van der Waals surface area contributed by atoms with E-state index in [1.807, 2.05) is 30.5 Å². The number of piperidine rings is 1. The minimum Gasteiger partial charge on any atom is -0.491 e. The van der Waals surface area contributed by atoms with Gasteiger partial charge in [-0.3, -0.25) is 29.8 Å². The number of likely N-dealkylation sites (N-methyl/N-ethyl adjacent to an activating group) is 1. The maximum Gasteiger partial charge on any atom is 0.244 e. The summed E-state index contributed by atoms with van der Waals surface area (Å²) in [6, 6.07) is 19.3. The van der Waals surface area contributed by atoms with Crippen LogP contribution in [0.3, 0.4) is 0 Å². The second-order valence-corrected chi connectivity index (χ2v) is 21.8. The zero-order valence-corrected chi connectivity index (χ0v) is 40.6. The second kappa shape index (κ2) is 20.0. The third-order valence-corrected chi connectivity index (χ3v) is 15.7. The van der Waals surface area contributed by atoms with Gasteiger partial charge in [-0.2, -0.15) is 5.26 Å². The first-order chi connectivity index (χ1) is 32.0. The van der Waals surface area contributed by atoms with Crippen LogP contribution in [0.4, 0.5) is 5.69 Å². The number of halogens is 1. The molecule has 3 aromatic rings. The Balaban J connectivity index is 0.759. The van der Waals surface area contributed by atoms with Crippen molar-refractivity contribution in [1.29, 1.82) is 5.26 Å². The van der Waals surface area contributed by atoms with Crippen molar-refractivity contribution in [1.82, 2.24) is 31.1 Å². The van der Waals surface area contributed by atoms with E-state index in [1.165, 1.54) is 0 Å². The molecule has 0 spiro atoms. The first-order valence-corrected chi connectivity index (χ1v) is 25.3. The Labute approximate surface area is 399 Å². The minimum atomic E-state index is -3.51. The summed E-state index contributed by atoms with van der Waals surface area (Å²) in [5.74, 6) is 2.07. The summed E-state index contributed by atoms with van der Waals surface area (Å²) in [5, 5.41) is 23.4. The fourth-order valence-corrected chi connectivity index (χ4v) is 11.5. The number of anilines is 1. The van der Waals surface area contributed by atoms with E-state index in [2.05, 4.69) is 64.7 Å². The first kappa shape index (κ1) is 48.5. The number of hydrogen-bond donors (Lipinski definition) is 5. The van der Waals surface area contributed by atoms with Gasteiger partial charge in [0.05, 0.1) is 41.0 Å². The maximum absolute atomic E-state index is 13.6. The lowest BCUT2D eigenvalue weighted by atomic mass is 9.49. The van der Waals surface area contributed by atoms with Crippen LogP contribution < -0.4 is 40.2 Å². The molecule has 0 aromatic heterocycles. The number of nitrogens with zero attached hydrogens (tertiary/aromatic N) is 3. The molecular formula is C49H63ClN8O8S. The predicted octanol–water partition coefficient (Wildman–Crippen LogP) is 5.51. The molecule has 3 saturated heterocycles. The Morgan fingerprint density at radius 2 is 1.61 bits per heavy atom. The van der Waals surface area contributed by atoms with Gasteiger partial charge in [0.15, 0.2) is 0 Å². The highest BCUT2D eigenvalue weighted by molar-refractivity contribution is 7.92. The SMILES string of the molecule is CCS(=O)(=O)Nc1ccc(Oc2ccc(OCCOC3CCN(C4NCC(C(=O)NC5C(C)(C)C(Oc6ccc(C#N)c(Cl)c6)C5(C)C)CN4)CC3)cc2)c(C2=CN(C)C(=O)C3NCCC23)c1. The van der Waals surface area contributed by atoms with Gasteiger partial charge in [-0.1, -0.05) is 39.3 Å². The molecule has 360 valence electrons. The van der Waals surface area contributed by atoms with Crippen LogP contribution in [0.25, 0.3) is 5.57 Å². The second-order valence-electron chi connectivity index (χ2n) is 19.4. The van der Waals surface area contributed by atoms with Crippen LogP contribution in [-0.4, -0.2) is 119 Å². The highest BCUT2D eigenvalue weighted by atomic mass is 35.5. The van der Waals surface area contributed by atoms with Crippen LogP contribution in [-0.2, 0) is 24.3 Å². The number of sulfonamides is 1. The number of hydrogen-bond acceptors (Lipinski definition) is 13. The summed E-state index contributed by atoms with van der Waals surface area (Å²) in [4.78, 5) is 30.4. The fraction of sp³-hybridized carbons (Fsp3) is 0.531. The van der Waals surface area contributed by atoms with Crippen LogP contribution in [0.15, 0.2) is 66.9 Å². The van der Waals surface area contributed by atoms with Gasteiger partial charge in [-0.15, -0.1) is 0 Å². The van der Waals surface area contributed by atoms with Crippen molar-refractivity contribution in [2.24, 2.45) is 22.7 Å². The molecule has 4 heterocycles.